The molecule has 118 valence electrons. The predicted molar refractivity (Wildman–Crippen MR) is 84.0 cm³/mol. The average Bonchev–Trinajstić information content (AvgIpc) is 2.26. The van der Waals surface area contributed by atoms with Gasteiger partial charge in [0.15, 0.2) is 0 Å². The Balaban J connectivity index is -0.000000264. The third-order valence-corrected chi connectivity index (χ3v) is 5.78. The quantitative estimate of drug-likeness (QED) is 0.575. The van der Waals surface area contributed by atoms with Gasteiger partial charge in [-0.25, -0.2) is 0 Å². The van der Waals surface area contributed by atoms with Gasteiger partial charge in [0.25, 0.3) is 0 Å². The molecular formula is C14H34N4W-2. The second-order valence-corrected chi connectivity index (χ2v) is 7.77. The molecule has 0 radical (unpaired) electrons. The van der Waals surface area contributed by atoms with Crippen molar-refractivity contribution in [3.8, 4) is 0 Å². The first-order valence-electron chi connectivity index (χ1n) is 6.75. The second-order valence-electron chi connectivity index (χ2n) is 5.87. The molecule has 0 aromatic carbocycles. The minimum absolute atomic E-state index is 0.124. The molecule has 0 saturated heterocycles. The fourth-order valence-corrected chi connectivity index (χ4v) is 2.17. The topological polar surface area (TPSA) is 52.9 Å². The first-order chi connectivity index (χ1) is 8.54. The van der Waals surface area contributed by atoms with Gasteiger partial charge in [0.1, 0.15) is 0 Å². The summed E-state index contributed by atoms with van der Waals surface area (Å²) in [5, 5.41) is 7.47. The van der Waals surface area contributed by atoms with E-state index >= 15 is 0 Å². The molecule has 0 amide bonds. The average molecular weight is 442 g/mol. The molecule has 0 fully saturated rings. The summed E-state index contributed by atoms with van der Waals surface area (Å²) >= 11 is -0.780. The molecule has 0 aromatic heterocycles. The van der Waals surface area contributed by atoms with Gasteiger partial charge in [-0.05, 0) is 0 Å². The van der Waals surface area contributed by atoms with Crippen molar-refractivity contribution in [1.29, 1.82) is 0 Å². The Morgan fingerprint density at radius 2 is 0.947 bits per heavy atom. The Morgan fingerprint density at radius 1 is 0.737 bits per heavy atom. The molecule has 0 bridgehead atoms. The van der Waals surface area contributed by atoms with E-state index in [-0.39, 0.29) is 11.1 Å². The molecule has 0 saturated carbocycles. The van der Waals surface area contributed by atoms with Gasteiger partial charge in [-0.2, -0.15) is 27.2 Å². The summed E-state index contributed by atoms with van der Waals surface area (Å²) in [5.41, 5.74) is 0.249. The van der Waals surface area contributed by atoms with Crippen molar-refractivity contribution in [3.05, 3.63) is 10.6 Å². The van der Waals surface area contributed by atoms with E-state index in [9.17, 15) is 0 Å². The van der Waals surface area contributed by atoms with Gasteiger partial charge in [0, 0.05) is 0 Å². The molecule has 0 aliphatic rings. The van der Waals surface area contributed by atoms with Crippen molar-refractivity contribution in [2.45, 2.75) is 66.5 Å². The summed E-state index contributed by atoms with van der Waals surface area (Å²) in [6.07, 6.45) is 0. The van der Waals surface area contributed by atoms with Crippen LogP contribution in [0.5, 0.6) is 0 Å². The first-order valence-corrected chi connectivity index (χ1v) is 9.38. The van der Waals surface area contributed by atoms with Crippen LogP contribution in [0.25, 0.3) is 10.6 Å². The van der Waals surface area contributed by atoms with E-state index in [2.05, 4.69) is 59.2 Å². The Kier molecular flexibility index (Phi) is 18.6. The normalized spacial score (nSPS) is 10.4. The number of hydrogen-bond donors (Lipinski definition) is 0. The monoisotopic (exact) mass is 442 g/mol. The van der Waals surface area contributed by atoms with Gasteiger partial charge in [-0.3, -0.25) is 0 Å². The third-order valence-electron chi connectivity index (χ3n) is 1.26. The van der Waals surface area contributed by atoms with Crippen LogP contribution in [0.4, 0.5) is 0 Å². The van der Waals surface area contributed by atoms with Crippen LogP contribution in [-0.2, 0) is 18.2 Å². The molecule has 0 unspecified atom stereocenters. The van der Waals surface area contributed by atoms with Gasteiger partial charge in [-0.1, -0.05) is 13.8 Å². The molecule has 19 heavy (non-hydrogen) atoms. The number of rotatable bonds is 2. The summed E-state index contributed by atoms with van der Waals surface area (Å²) in [6.45, 7) is 18.7. The Labute approximate surface area is 129 Å². The molecule has 0 atom stereocenters. The molecule has 0 aliphatic heterocycles. The summed E-state index contributed by atoms with van der Waals surface area (Å²) in [6, 6.07) is 0. The summed E-state index contributed by atoms with van der Waals surface area (Å²) in [5.74, 6) is 0. The zero-order chi connectivity index (χ0) is 15.9. The van der Waals surface area contributed by atoms with Crippen LogP contribution in [0.15, 0.2) is 6.99 Å². The molecule has 0 N–H and O–H groups in total. The summed E-state index contributed by atoms with van der Waals surface area (Å²) in [4.78, 5) is 0. The van der Waals surface area contributed by atoms with Crippen molar-refractivity contribution in [2.24, 2.45) is 6.99 Å². The van der Waals surface area contributed by atoms with Crippen molar-refractivity contribution in [1.82, 2.24) is 0 Å². The van der Waals surface area contributed by atoms with Gasteiger partial charge in [0.2, 0.25) is 0 Å². The van der Waals surface area contributed by atoms with E-state index in [4.69, 9.17) is 0 Å². The maximum absolute atomic E-state index is 4.54. The van der Waals surface area contributed by atoms with E-state index in [1.165, 1.54) is 0 Å². The minimum atomic E-state index is -0.780. The second kappa shape index (κ2) is 14.6. The molecule has 0 rings (SSSR count). The maximum Gasteiger partial charge on any atom is -0.0844 e. The number of hydrogen-bond acceptors (Lipinski definition) is 2. The number of nitrogens with zero attached hydrogens (tertiary/aromatic N) is 4. The van der Waals surface area contributed by atoms with E-state index in [0.29, 0.717) is 0 Å². The first kappa shape index (κ1) is 24.2. The fourth-order valence-electron chi connectivity index (χ4n) is 0.265. The smallest absolute Gasteiger partial charge is 0.0844 e. The van der Waals surface area contributed by atoms with Crippen LogP contribution >= 0.6 is 0 Å². The Bertz CT molecular complexity index is 207. The van der Waals surface area contributed by atoms with E-state index < -0.39 is 18.2 Å². The van der Waals surface area contributed by atoms with Crippen LogP contribution in [-0.4, -0.2) is 38.3 Å². The van der Waals surface area contributed by atoms with Gasteiger partial charge in [0.05, 0.1) is 0 Å². The Hall–Kier alpha value is 0.208. The van der Waals surface area contributed by atoms with Gasteiger partial charge >= 0.3 is 77.8 Å². The van der Waals surface area contributed by atoms with Crippen LogP contribution in [0, 0.1) is 0 Å². The molecule has 4 nitrogen and oxygen atoms in total. The molecule has 5 heteroatoms. The van der Waals surface area contributed by atoms with Crippen LogP contribution in [0.2, 0.25) is 0 Å². The van der Waals surface area contributed by atoms with Crippen molar-refractivity contribution in [3.63, 3.8) is 0 Å². The van der Waals surface area contributed by atoms with Gasteiger partial charge in [-0.15, -0.1) is 0 Å². The van der Waals surface area contributed by atoms with E-state index in [1.54, 1.807) is 14.1 Å². The molecular weight excluding hydrogens is 408 g/mol. The van der Waals surface area contributed by atoms with Crippen LogP contribution < -0.4 is 0 Å². The van der Waals surface area contributed by atoms with Gasteiger partial charge < -0.3 is 10.6 Å². The Morgan fingerprint density at radius 3 is 1.05 bits per heavy atom. The molecule has 0 spiro atoms. The maximum atomic E-state index is 4.54. The largest absolute Gasteiger partial charge is 0.665 e. The third kappa shape index (κ3) is 45.9. The minimum Gasteiger partial charge on any atom is -0.665 e. The van der Waals surface area contributed by atoms with Crippen molar-refractivity contribution in [2.75, 3.05) is 27.2 Å². The van der Waals surface area contributed by atoms with Crippen molar-refractivity contribution >= 4 is 0 Å². The zero-order valence-electron chi connectivity index (χ0n) is 14.6. The summed E-state index contributed by atoms with van der Waals surface area (Å²) < 4.78 is 9.08. The fraction of sp³-hybridized carbons (Fsp3) is 1.00. The van der Waals surface area contributed by atoms with Crippen molar-refractivity contribution < 1.29 is 18.2 Å². The molecule has 0 aromatic rings. The SMILES string of the molecule is CC(C)(C)[N]=[W]=[N]C(C)(C)C.CC[N-]C.CC[N-]C. The van der Waals surface area contributed by atoms with Crippen LogP contribution in [0.1, 0.15) is 55.4 Å². The summed E-state index contributed by atoms with van der Waals surface area (Å²) in [7, 11) is 3.61. The van der Waals surface area contributed by atoms with E-state index in [1.807, 2.05) is 13.8 Å². The molecule has 0 heterocycles. The molecule has 0 aliphatic carbocycles. The van der Waals surface area contributed by atoms with Crippen LogP contribution in [0.3, 0.4) is 0 Å². The van der Waals surface area contributed by atoms with E-state index in [0.717, 1.165) is 13.1 Å². The standard InChI is InChI=1S/2C4H9N.2C3H8N.W/c2*1-4(2,3)5;2*1-3-4-2;/h2*1-3H3;2*3H2,1-2H3;/q;;2*-1;. The predicted octanol–water partition coefficient (Wildman–Crippen LogP) is 5.05. The zero-order valence-corrected chi connectivity index (χ0v) is 17.5.